The van der Waals surface area contributed by atoms with Gasteiger partial charge in [-0.3, -0.25) is 0 Å². The molecule has 0 N–H and O–H groups in total. The molecule has 0 saturated carbocycles. The molecule has 0 radical (unpaired) electrons. The summed E-state index contributed by atoms with van der Waals surface area (Å²) in [6.07, 6.45) is 18.2. The zero-order chi connectivity index (χ0) is 9.80. The van der Waals surface area contributed by atoms with Crippen LogP contribution in [-0.2, 0) is 0 Å². The Bertz CT molecular complexity index is 309. The van der Waals surface area contributed by atoms with Crippen molar-refractivity contribution in [2.24, 2.45) is 0 Å². The topological polar surface area (TPSA) is 0 Å². The smallest absolute Gasteiger partial charge is 0.00495 e. The van der Waals surface area contributed by atoms with Gasteiger partial charge < -0.3 is 0 Å². The maximum Gasteiger partial charge on any atom is 0.00495 e. The molecule has 0 nitrogen and oxygen atoms in total. The Balaban J connectivity index is 2.34. The lowest BCUT2D eigenvalue weighted by molar-refractivity contribution is 0.694. The molecular formula is C14H18. The molecule has 74 valence electrons. The van der Waals surface area contributed by atoms with Gasteiger partial charge in [-0.05, 0) is 56.9 Å². The van der Waals surface area contributed by atoms with Crippen LogP contribution in [0.1, 0.15) is 51.4 Å². The number of hydrogen-bond donors (Lipinski definition) is 0. The number of rotatable bonds is 0. The van der Waals surface area contributed by atoms with Gasteiger partial charge in [0.05, 0.1) is 0 Å². The van der Waals surface area contributed by atoms with E-state index in [9.17, 15) is 0 Å². The Kier molecular flexibility index (Phi) is 3.09. The Morgan fingerprint density at radius 1 is 0.929 bits per heavy atom. The molecule has 0 amide bonds. The van der Waals surface area contributed by atoms with Crippen molar-refractivity contribution in [1.29, 1.82) is 0 Å². The molecule has 0 saturated heterocycles. The predicted octanol–water partition coefficient (Wildman–Crippen LogP) is 3.99. The van der Waals surface area contributed by atoms with E-state index in [0.717, 1.165) is 6.42 Å². The van der Waals surface area contributed by atoms with Crippen molar-refractivity contribution >= 4 is 0 Å². The van der Waals surface area contributed by atoms with Gasteiger partial charge in [-0.15, -0.1) is 6.42 Å². The van der Waals surface area contributed by atoms with Gasteiger partial charge in [-0.1, -0.05) is 17.6 Å². The zero-order valence-electron chi connectivity index (χ0n) is 8.81. The normalized spacial score (nSPS) is 28.1. The summed E-state index contributed by atoms with van der Waals surface area (Å²) in [6.45, 7) is 0. The first-order valence-corrected chi connectivity index (χ1v) is 5.78. The van der Waals surface area contributed by atoms with Crippen molar-refractivity contribution in [3.63, 3.8) is 0 Å². The maximum atomic E-state index is 5.57. The van der Waals surface area contributed by atoms with Crippen molar-refractivity contribution in [3.8, 4) is 12.3 Å². The minimum Gasteiger partial charge on any atom is -0.115 e. The van der Waals surface area contributed by atoms with Gasteiger partial charge in [0.1, 0.15) is 0 Å². The largest absolute Gasteiger partial charge is 0.115 e. The van der Waals surface area contributed by atoms with E-state index in [0.29, 0.717) is 0 Å². The highest BCUT2D eigenvalue weighted by Crippen LogP contribution is 2.30. The lowest BCUT2D eigenvalue weighted by Crippen LogP contribution is -1.93. The van der Waals surface area contributed by atoms with Gasteiger partial charge in [0.25, 0.3) is 0 Å². The molecule has 0 aliphatic heterocycles. The third-order valence-electron chi connectivity index (χ3n) is 3.31. The highest BCUT2D eigenvalue weighted by atomic mass is 14.2. The molecule has 0 aromatic rings. The molecule has 0 aromatic heterocycles. The first-order chi connectivity index (χ1) is 6.90. The van der Waals surface area contributed by atoms with Crippen LogP contribution in [0.5, 0.6) is 0 Å². The first-order valence-electron chi connectivity index (χ1n) is 5.78. The molecule has 2 aliphatic carbocycles. The highest BCUT2D eigenvalue weighted by Gasteiger charge is 2.12. The lowest BCUT2D eigenvalue weighted by atomic mass is 9.94. The van der Waals surface area contributed by atoms with Crippen molar-refractivity contribution in [2.75, 3.05) is 0 Å². The van der Waals surface area contributed by atoms with Crippen LogP contribution in [0.15, 0.2) is 22.8 Å². The van der Waals surface area contributed by atoms with Crippen LogP contribution in [0, 0.1) is 12.3 Å². The van der Waals surface area contributed by atoms with Crippen molar-refractivity contribution in [1.82, 2.24) is 0 Å². The minimum absolute atomic E-state index is 1.13. The predicted molar refractivity (Wildman–Crippen MR) is 60.9 cm³/mol. The Labute approximate surface area is 87.1 Å². The molecular weight excluding hydrogens is 168 g/mol. The summed E-state index contributed by atoms with van der Waals surface area (Å²) in [5.74, 6) is 2.89. The maximum absolute atomic E-state index is 5.57. The summed E-state index contributed by atoms with van der Waals surface area (Å²) < 4.78 is 0. The van der Waals surface area contributed by atoms with E-state index in [-0.39, 0.29) is 0 Å². The molecule has 2 bridgehead atoms. The number of hydrogen-bond acceptors (Lipinski definition) is 0. The minimum atomic E-state index is 1.13. The van der Waals surface area contributed by atoms with Crippen LogP contribution in [0.3, 0.4) is 0 Å². The van der Waals surface area contributed by atoms with Crippen LogP contribution >= 0.6 is 0 Å². The van der Waals surface area contributed by atoms with Crippen molar-refractivity contribution in [2.45, 2.75) is 51.4 Å². The molecule has 2 aliphatic rings. The van der Waals surface area contributed by atoms with Crippen molar-refractivity contribution < 1.29 is 0 Å². The summed E-state index contributed by atoms with van der Waals surface area (Å²) in [6, 6.07) is 0. The second-order valence-electron chi connectivity index (χ2n) is 4.36. The highest BCUT2D eigenvalue weighted by molar-refractivity contribution is 5.40. The Morgan fingerprint density at radius 3 is 2.29 bits per heavy atom. The molecule has 0 atom stereocenters. The van der Waals surface area contributed by atoms with E-state index in [4.69, 9.17) is 6.42 Å². The molecule has 14 heavy (non-hydrogen) atoms. The van der Waals surface area contributed by atoms with E-state index in [1.54, 1.807) is 5.57 Å². The van der Waals surface area contributed by atoms with Gasteiger partial charge in [-0.2, -0.15) is 0 Å². The molecule has 0 heterocycles. The molecule has 0 fully saturated rings. The summed E-state index contributed by atoms with van der Waals surface area (Å²) in [5, 5.41) is 0. The Morgan fingerprint density at radius 2 is 1.57 bits per heavy atom. The molecule has 0 aromatic carbocycles. The molecule has 0 spiro atoms. The van der Waals surface area contributed by atoms with Gasteiger partial charge >= 0.3 is 0 Å². The molecule has 0 unspecified atom stereocenters. The van der Waals surface area contributed by atoms with Crippen molar-refractivity contribution in [3.05, 3.63) is 22.8 Å². The van der Waals surface area contributed by atoms with Crippen LogP contribution in [0.25, 0.3) is 0 Å². The monoisotopic (exact) mass is 186 g/mol. The lowest BCUT2D eigenvalue weighted by Gasteiger charge is -2.11. The van der Waals surface area contributed by atoms with E-state index < -0.39 is 0 Å². The number of terminal acetylenes is 1. The standard InChI is InChI=1S/C14H18/c1-2-13-9-5-3-7-12-8-4-6-10-14(13)11-12/h1,11H,3-10H2/b14-13-. The van der Waals surface area contributed by atoms with Crippen LogP contribution in [0.2, 0.25) is 0 Å². The third-order valence-corrected chi connectivity index (χ3v) is 3.31. The van der Waals surface area contributed by atoms with Gasteiger partial charge in [0.2, 0.25) is 0 Å². The quantitative estimate of drug-likeness (QED) is 0.502. The van der Waals surface area contributed by atoms with Gasteiger partial charge in [-0.25, -0.2) is 0 Å². The average molecular weight is 186 g/mol. The van der Waals surface area contributed by atoms with E-state index in [2.05, 4.69) is 12.0 Å². The average Bonchev–Trinajstić information content (AvgIpc) is 2.41. The summed E-state index contributed by atoms with van der Waals surface area (Å²) in [7, 11) is 0. The fourth-order valence-corrected chi connectivity index (χ4v) is 2.47. The zero-order valence-corrected chi connectivity index (χ0v) is 8.81. The summed E-state index contributed by atoms with van der Waals surface area (Å²) in [4.78, 5) is 0. The van der Waals surface area contributed by atoms with E-state index in [1.807, 2.05) is 0 Å². The summed E-state index contributed by atoms with van der Waals surface area (Å²) >= 11 is 0. The SMILES string of the molecule is C#C/C1=C2/C=C(CCCC1)CCCC2. The molecule has 0 heteroatoms. The number of fused-ring (bicyclic) bond motifs is 1. The second-order valence-corrected chi connectivity index (χ2v) is 4.36. The summed E-state index contributed by atoms with van der Waals surface area (Å²) in [5.41, 5.74) is 4.40. The second kappa shape index (κ2) is 4.51. The van der Waals surface area contributed by atoms with Crippen LogP contribution in [0.4, 0.5) is 0 Å². The molecule has 2 rings (SSSR count). The first kappa shape index (κ1) is 9.59. The fourth-order valence-electron chi connectivity index (χ4n) is 2.47. The van der Waals surface area contributed by atoms with Gasteiger partial charge in [0.15, 0.2) is 0 Å². The van der Waals surface area contributed by atoms with Gasteiger partial charge in [0, 0.05) is 5.57 Å². The van der Waals surface area contributed by atoms with E-state index in [1.165, 1.54) is 56.1 Å². The number of allylic oxidation sites excluding steroid dienone is 4. The van der Waals surface area contributed by atoms with Crippen LogP contribution < -0.4 is 0 Å². The Hall–Kier alpha value is -0.960. The third kappa shape index (κ3) is 2.10. The fraction of sp³-hybridized carbons (Fsp3) is 0.571. The van der Waals surface area contributed by atoms with Crippen LogP contribution in [-0.4, -0.2) is 0 Å². The van der Waals surface area contributed by atoms with E-state index >= 15 is 0 Å².